The van der Waals surface area contributed by atoms with Crippen LogP contribution in [0, 0.1) is 18.2 Å². The molecule has 0 bridgehead atoms. The number of aromatic nitrogens is 1. The summed E-state index contributed by atoms with van der Waals surface area (Å²) in [5, 5.41) is 19.5. The zero-order valence-electron chi connectivity index (χ0n) is 22.1. The average Bonchev–Trinajstić information content (AvgIpc) is 3.32. The van der Waals surface area contributed by atoms with Gasteiger partial charge < -0.3 is 30.5 Å². The number of guanidine groups is 1. The van der Waals surface area contributed by atoms with Crippen molar-refractivity contribution < 1.29 is 23.1 Å². The second kappa shape index (κ2) is 12.0. The summed E-state index contributed by atoms with van der Waals surface area (Å²) in [6, 6.07) is 7.02. The molecule has 208 valence electrons. The first-order valence-electron chi connectivity index (χ1n) is 12.1. The minimum absolute atomic E-state index is 0.0701. The normalized spacial score (nSPS) is 15.3. The molecule has 1 aliphatic rings. The first kappa shape index (κ1) is 28.3. The maximum Gasteiger partial charge on any atom is 0.344 e. The molecule has 0 fully saturated rings. The van der Waals surface area contributed by atoms with Gasteiger partial charge in [0.05, 0.1) is 12.7 Å². The van der Waals surface area contributed by atoms with Gasteiger partial charge in [0, 0.05) is 47.9 Å². The van der Waals surface area contributed by atoms with E-state index in [1.54, 1.807) is 32.3 Å². The second-order valence-electron chi connectivity index (χ2n) is 8.81. The summed E-state index contributed by atoms with van der Waals surface area (Å²) in [6.45, 7) is 3.72. The van der Waals surface area contributed by atoms with Crippen molar-refractivity contribution in [2.24, 2.45) is 4.99 Å². The molecule has 0 radical (unpaired) electrons. The van der Waals surface area contributed by atoms with Crippen LogP contribution in [0.25, 0.3) is 11.1 Å². The van der Waals surface area contributed by atoms with E-state index >= 15 is 0 Å². The minimum atomic E-state index is -0.904. The number of aryl methyl sites for hydroxylation is 1. The number of halogens is 2. The van der Waals surface area contributed by atoms with Crippen molar-refractivity contribution >= 4 is 52.8 Å². The summed E-state index contributed by atoms with van der Waals surface area (Å²) in [6.07, 6.45) is 2.75. The summed E-state index contributed by atoms with van der Waals surface area (Å²) in [4.78, 5) is 34.4. The molecule has 40 heavy (non-hydrogen) atoms. The second-order valence-corrected chi connectivity index (χ2v) is 9.22. The molecule has 5 N–H and O–H groups in total. The van der Waals surface area contributed by atoms with E-state index in [1.807, 2.05) is 13.0 Å². The number of fused-ring (bicyclic) bond motifs is 1. The van der Waals surface area contributed by atoms with E-state index in [1.165, 1.54) is 6.07 Å². The van der Waals surface area contributed by atoms with E-state index < -0.39 is 23.7 Å². The van der Waals surface area contributed by atoms with Crippen LogP contribution >= 0.6 is 11.6 Å². The number of rotatable bonds is 8. The van der Waals surface area contributed by atoms with Crippen LogP contribution in [0.1, 0.15) is 34.5 Å². The molecule has 1 aromatic heterocycles. The van der Waals surface area contributed by atoms with Gasteiger partial charge in [-0.2, -0.15) is 4.98 Å². The van der Waals surface area contributed by atoms with Gasteiger partial charge in [-0.05, 0) is 37.6 Å². The molecule has 1 aliphatic heterocycles. The Hall–Kier alpha value is -4.71. The summed E-state index contributed by atoms with van der Waals surface area (Å²) in [7, 11) is 2.84. The number of carbonyl (C=O) groups excluding carboxylic acids is 2. The number of nitrogens with one attached hydrogen (secondary N) is 5. The fraction of sp³-hybridized carbons (Fsp3) is 0.222. The molecule has 0 spiro atoms. The predicted octanol–water partition coefficient (Wildman–Crippen LogP) is 3.97. The van der Waals surface area contributed by atoms with Gasteiger partial charge in [0.2, 0.25) is 5.96 Å². The maximum atomic E-state index is 14.4. The minimum Gasteiger partial charge on any atom is -0.465 e. The molecule has 0 saturated heterocycles. The van der Waals surface area contributed by atoms with Gasteiger partial charge in [-0.3, -0.25) is 10.1 Å². The van der Waals surface area contributed by atoms with Crippen molar-refractivity contribution in [1.82, 2.24) is 20.9 Å². The van der Waals surface area contributed by atoms with Crippen molar-refractivity contribution in [2.45, 2.75) is 19.9 Å². The van der Waals surface area contributed by atoms with Crippen molar-refractivity contribution in [1.29, 1.82) is 5.41 Å². The summed E-state index contributed by atoms with van der Waals surface area (Å²) in [5.74, 6) is -1.94. The molecule has 0 saturated carbocycles. The van der Waals surface area contributed by atoms with E-state index in [-0.39, 0.29) is 35.2 Å². The molecule has 13 heteroatoms. The maximum absolute atomic E-state index is 14.4. The summed E-state index contributed by atoms with van der Waals surface area (Å²) < 4.78 is 24.7. The van der Waals surface area contributed by atoms with E-state index in [4.69, 9.17) is 21.4 Å². The number of allylic oxidation sites excluding steroid dienone is 1. The quantitative estimate of drug-likeness (QED) is 0.202. The van der Waals surface area contributed by atoms with Crippen LogP contribution in [0.2, 0.25) is 5.02 Å². The van der Waals surface area contributed by atoms with E-state index in [2.05, 4.69) is 36.0 Å². The fourth-order valence-electron chi connectivity index (χ4n) is 4.13. The first-order chi connectivity index (χ1) is 19.2. The number of benzene rings is 2. The van der Waals surface area contributed by atoms with Gasteiger partial charge in [0.1, 0.15) is 22.9 Å². The predicted molar refractivity (Wildman–Crippen MR) is 150 cm³/mol. The third-order valence-corrected chi connectivity index (χ3v) is 6.35. The van der Waals surface area contributed by atoms with E-state index in [0.717, 1.165) is 25.0 Å². The third-order valence-electron chi connectivity index (χ3n) is 6.03. The molecule has 2 heterocycles. The van der Waals surface area contributed by atoms with Gasteiger partial charge in [-0.1, -0.05) is 23.7 Å². The number of carbonyl (C=O) groups is 2. The Morgan fingerprint density at radius 3 is 2.73 bits per heavy atom. The fourth-order valence-corrected chi connectivity index (χ4v) is 4.47. The number of hydrogen-bond acceptors (Lipinski definition) is 10. The van der Waals surface area contributed by atoms with Crippen LogP contribution in [0.3, 0.4) is 0 Å². The molecule has 1 atom stereocenters. The number of methoxy groups -OCH3 is 1. The van der Waals surface area contributed by atoms with E-state index in [0.29, 0.717) is 27.4 Å². The van der Waals surface area contributed by atoms with Crippen molar-refractivity contribution in [2.75, 3.05) is 26.0 Å². The monoisotopic (exact) mass is 567 g/mol. The molecule has 2 aromatic carbocycles. The van der Waals surface area contributed by atoms with Crippen molar-refractivity contribution in [3.8, 4) is 0 Å². The molecular weight excluding hydrogens is 541 g/mol. The number of oxazole rings is 1. The summed E-state index contributed by atoms with van der Waals surface area (Å²) in [5.41, 5.74) is 2.63. The lowest BCUT2D eigenvalue weighted by atomic mass is 9.95. The Morgan fingerprint density at radius 1 is 1.27 bits per heavy atom. The first-order valence-corrected chi connectivity index (χ1v) is 12.5. The largest absolute Gasteiger partial charge is 0.465 e. The van der Waals surface area contributed by atoms with Gasteiger partial charge >= 0.3 is 12.0 Å². The Kier molecular flexibility index (Phi) is 8.49. The number of nitrogens with zero attached hydrogens (tertiary/aromatic N) is 2. The van der Waals surface area contributed by atoms with Gasteiger partial charge in [0.15, 0.2) is 5.58 Å². The van der Waals surface area contributed by atoms with Crippen LogP contribution in [0.4, 0.5) is 10.4 Å². The Morgan fingerprint density at radius 2 is 2.05 bits per heavy atom. The molecule has 4 rings (SSSR count). The highest BCUT2D eigenvalue weighted by molar-refractivity contribution is 6.31. The Balaban J connectivity index is 1.70. The van der Waals surface area contributed by atoms with Crippen LogP contribution in [0.5, 0.6) is 0 Å². The van der Waals surface area contributed by atoms with Crippen LogP contribution in [-0.4, -0.2) is 49.7 Å². The number of ether oxygens (including phenoxy) is 1. The number of aliphatic imine (C=N–C) groups is 1. The Labute approximate surface area is 234 Å². The molecule has 3 aromatic rings. The lowest BCUT2D eigenvalue weighted by molar-refractivity contribution is -0.117. The highest BCUT2D eigenvalue weighted by Crippen LogP contribution is 2.35. The smallest absolute Gasteiger partial charge is 0.344 e. The number of amides is 1. The summed E-state index contributed by atoms with van der Waals surface area (Å²) >= 11 is 6.59. The number of hydrogen-bond donors (Lipinski definition) is 5. The van der Waals surface area contributed by atoms with Crippen molar-refractivity contribution in [3.63, 3.8) is 0 Å². The average molecular weight is 568 g/mol. The molecule has 1 unspecified atom stereocenters. The molecule has 1 amide bonds. The number of anilines is 1. The van der Waals surface area contributed by atoms with Crippen LogP contribution < -0.4 is 21.3 Å². The zero-order chi connectivity index (χ0) is 29.0. The van der Waals surface area contributed by atoms with Crippen molar-refractivity contribution in [3.05, 3.63) is 80.9 Å². The SMILES string of the molecule is CN/C=C(\C=N)CNC(=O)C1=C(C)NC(Nc2nc3ccc(F)c(C(=O)OC)c3o2)=NC1c1ccc(C)cc1Cl. The highest BCUT2D eigenvalue weighted by atomic mass is 35.5. The Bertz CT molecular complexity index is 1590. The lowest BCUT2D eigenvalue weighted by Crippen LogP contribution is -2.39. The molecular formula is C27H27ClFN7O4. The van der Waals surface area contributed by atoms with Gasteiger partial charge in [-0.25, -0.2) is 14.2 Å². The topological polar surface area (TPSA) is 154 Å². The van der Waals surface area contributed by atoms with Crippen LogP contribution in [0.15, 0.2) is 62.8 Å². The highest BCUT2D eigenvalue weighted by Gasteiger charge is 2.31. The van der Waals surface area contributed by atoms with E-state index in [9.17, 15) is 14.0 Å². The van der Waals surface area contributed by atoms with Crippen LogP contribution in [-0.2, 0) is 9.53 Å². The molecule has 0 aliphatic carbocycles. The third kappa shape index (κ3) is 5.81. The molecule has 11 nitrogen and oxygen atoms in total. The standard InChI is InChI=1S/C27H27ClFN7O4/c1-13-5-6-16(17(28)9-13)22-20(24(37)32-12-15(10-30)11-31-3)14(2)33-26(35-22)36-27-34-19-8-7-18(29)21(23(19)40-27)25(38)39-4/h5-11,22,30-31H,12H2,1-4H3,(H,32,37)(H2,33,34,35,36)/b15-11+,30-10?. The zero-order valence-corrected chi connectivity index (χ0v) is 22.9. The van der Waals surface area contributed by atoms with Gasteiger partial charge in [0.25, 0.3) is 5.91 Å². The lowest BCUT2D eigenvalue weighted by Gasteiger charge is -2.27. The number of esters is 1. The van der Waals surface area contributed by atoms with Gasteiger partial charge in [-0.15, -0.1) is 0 Å².